The van der Waals surface area contributed by atoms with Crippen LogP contribution in [0.4, 0.5) is 15.3 Å². The summed E-state index contributed by atoms with van der Waals surface area (Å²) in [6, 6.07) is 19.1. The number of aryl methyl sites for hydroxylation is 1. The lowest BCUT2D eigenvalue weighted by molar-refractivity contribution is -0.134. The Hall–Kier alpha value is -6.67. The Morgan fingerprint density at radius 1 is 0.744 bits per heavy atom. The Bertz CT molecular complexity index is 3020. The van der Waals surface area contributed by atoms with Gasteiger partial charge in [-0.05, 0) is 140 Å². The van der Waals surface area contributed by atoms with Gasteiger partial charge in [0.2, 0.25) is 11.8 Å². The number of hydrogen-bond acceptors (Lipinski definition) is 13. The number of ether oxygens (including phenoxy) is 2. The van der Waals surface area contributed by atoms with Crippen molar-refractivity contribution in [3.05, 3.63) is 107 Å². The molecule has 4 fully saturated rings. The number of piperazine rings is 2. The van der Waals surface area contributed by atoms with E-state index in [0.717, 1.165) is 98.5 Å². The third-order valence-corrected chi connectivity index (χ3v) is 16.7. The average molecular weight is 1140 g/mol. The first-order valence-electron chi connectivity index (χ1n) is 29.4. The SMILES string of the molecule is CCc1cccc(-c2cnc(C(=O)N3CCC(CN4CCN(CC(=O)N5CCN(CC[C@H](NC(=O)C6(NC(=O)OC(C)(C)C)CCC(c7ncnc8[nH]ccc78)CC6)c6ccc(Cl)cc6)CC5)CC4)CC3)c(NC(=O)OC(C)(C)C)c2)c1. The quantitative estimate of drug-likeness (QED) is 0.0728. The summed E-state index contributed by atoms with van der Waals surface area (Å²) in [5.41, 5.74) is 3.41. The van der Waals surface area contributed by atoms with E-state index in [-0.39, 0.29) is 35.4 Å². The van der Waals surface area contributed by atoms with Crippen molar-refractivity contribution in [3.8, 4) is 11.1 Å². The minimum Gasteiger partial charge on any atom is -0.444 e. The van der Waals surface area contributed by atoms with Crippen LogP contribution in [0.25, 0.3) is 22.2 Å². The lowest BCUT2D eigenvalue weighted by atomic mass is 9.74. The molecular formula is C62H83ClN12O7. The summed E-state index contributed by atoms with van der Waals surface area (Å²) in [6.45, 7) is 22.2. The van der Waals surface area contributed by atoms with Gasteiger partial charge >= 0.3 is 12.2 Å². The molecule has 1 atom stereocenters. The van der Waals surface area contributed by atoms with Gasteiger partial charge in [0.1, 0.15) is 28.7 Å². The van der Waals surface area contributed by atoms with Crippen molar-refractivity contribution in [1.29, 1.82) is 0 Å². The molecule has 1 aliphatic carbocycles. The number of carbonyl (C=O) groups excluding carboxylic acids is 5. The maximum Gasteiger partial charge on any atom is 0.412 e. The van der Waals surface area contributed by atoms with Crippen LogP contribution in [-0.4, -0.2) is 176 Å². The number of alkyl carbamates (subject to hydrolysis) is 1. The Morgan fingerprint density at radius 3 is 2.10 bits per heavy atom. The van der Waals surface area contributed by atoms with E-state index in [0.29, 0.717) is 88.0 Å². The molecule has 3 aliphatic heterocycles. The van der Waals surface area contributed by atoms with Crippen LogP contribution < -0.4 is 16.0 Å². The van der Waals surface area contributed by atoms with Crippen LogP contribution in [0.15, 0.2) is 79.4 Å². The molecule has 440 valence electrons. The van der Waals surface area contributed by atoms with Crippen LogP contribution in [-0.2, 0) is 25.5 Å². The molecule has 0 unspecified atom stereocenters. The number of hydrogen-bond donors (Lipinski definition) is 4. The maximum absolute atomic E-state index is 14.8. The molecule has 6 heterocycles. The summed E-state index contributed by atoms with van der Waals surface area (Å²) in [5.74, 6) is 0.189. The van der Waals surface area contributed by atoms with Crippen molar-refractivity contribution in [2.75, 3.05) is 90.4 Å². The number of carbonyl (C=O) groups is 5. The first kappa shape index (κ1) is 59.9. The van der Waals surface area contributed by atoms with Crippen LogP contribution in [0.3, 0.4) is 0 Å². The number of likely N-dealkylation sites (tertiary alicyclic amines) is 1. The number of pyridine rings is 1. The number of nitrogens with zero attached hydrogens (tertiary/aromatic N) is 8. The van der Waals surface area contributed by atoms with E-state index in [1.165, 1.54) is 5.56 Å². The number of fused-ring (bicyclic) bond motifs is 1. The second kappa shape index (κ2) is 26.3. The molecule has 4 N–H and O–H groups in total. The lowest BCUT2D eigenvalue weighted by Crippen LogP contribution is -2.61. The Labute approximate surface area is 487 Å². The smallest absolute Gasteiger partial charge is 0.412 e. The van der Waals surface area contributed by atoms with E-state index in [2.05, 4.69) is 69.6 Å². The molecule has 9 rings (SSSR count). The maximum atomic E-state index is 14.8. The highest BCUT2D eigenvalue weighted by molar-refractivity contribution is 6.30. The summed E-state index contributed by atoms with van der Waals surface area (Å²) in [7, 11) is 0. The van der Waals surface area contributed by atoms with E-state index < -0.39 is 28.9 Å². The number of rotatable bonds is 16. The van der Waals surface area contributed by atoms with Gasteiger partial charge in [-0.2, -0.15) is 0 Å². The number of aromatic amines is 1. The van der Waals surface area contributed by atoms with Crippen LogP contribution in [0.1, 0.15) is 133 Å². The zero-order valence-electron chi connectivity index (χ0n) is 48.9. The van der Waals surface area contributed by atoms with E-state index in [1.54, 1.807) is 33.3 Å². The first-order valence-corrected chi connectivity index (χ1v) is 29.8. The Balaban J connectivity index is 0.730. The number of H-pyrrole nitrogens is 1. The molecule has 0 bridgehead atoms. The number of aromatic nitrogens is 4. The predicted molar refractivity (Wildman–Crippen MR) is 318 cm³/mol. The van der Waals surface area contributed by atoms with Crippen molar-refractivity contribution in [2.24, 2.45) is 5.92 Å². The molecule has 20 heteroatoms. The number of amides is 5. The molecule has 3 aromatic heterocycles. The predicted octanol–water partition coefficient (Wildman–Crippen LogP) is 9.07. The van der Waals surface area contributed by atoms with Gasteiger partial charge in [-0.25, -0.2) is 24.5 Å². The molecule has 5 aromatic rings. The lowest BCUT2D eigenvalue weighted by Gasteiger charge is -2.41. The van der Waals surface area contributed by atoms with E-state index in [9.17, 15) is 24.0 Å². The first-order chi connectivity index (χ1) is 39.2. The summed E-state index contributed by atoms with van der Waals surface area (Å²) in [4.78, 5) is 96.8. The third kappa shape index (κ3) is 15.7. The van der Waals surface area contributed by atoms with Gasteiger partial charge < -0.3 is 39.8 Å². The highest BCUT2D eigenvalue weighted by Crippen LogP contribution is 2.40. The number of piperidine rings is 1. The highest BCUT2D eigenvalue weighted by Gasteiger charge is 2.46. The van der Waals surface area contributed by atoms with Crippen LogP contribution in [0, 0.1) is 5.92 Å². The van der Waals surface area contributed by atoms with Gasteiger partial charge in [0.05, 0.1) is 24.0 Å². The van der Waals surface area contributed by atoms with Crippen molar-refractivity contribution in [2.45, 2.75) is 129 Å². The van der Waals surface area contributed by atoms with Crippen molar-refractivity contribution in [3.63, 3.8) is 0 Å². The van der Waals surface area contributed by atoms with Crippen molar-refractivity contribution in [1.82, 2.24) is 55.1 Å². The molecule has 4 aliphatic rings. The largest absolute Gasteiger partial charge is 0.444 e. The molecule has 5 amide bonds. The monoisotopic (exact) mass is 1140 g/mol. The van der Waals surface area contributed by atoms with E-state index in [1.807, 2.05) is 85.3 Å². The van der Waals surface area contributed by atoms with Gasteiger partial charge in [-0.3, -0.25) is 29.5 Å². The van der Waals surface area contributed by atoms with E-state index in [4.69, 9.17) is 21.1 Å². The molecule has 0 radical (unpaired) electrons. The zero-order valence-corrected chi connectivity index (χ0v) is 49.7. The third-order valence-electron chi connectivity index (χ3n) is 16.5. The minimum absolute atomic E-state index is 0.0808. The molecule has 2 aromatic carbocycles. The standard InChI is InChI=1S/C62H83ClN12O7/c1-8-42-10-9-11-46(36-42)47-37-51(69-58(79)81-60(2,3)4)54(65-38-47)56(77)75-26-19-43(20-27-75)39-72-28-30-73(31-29-72)40-52(76)74-34-32-71(33-35-74)25-21-50(44-12-14-48(63)15-13-44)68-57(78)62(70-59(80)82-61(5,6)7)22-16-45(17-23-62)53-49-18-24-64-55(49)67-41-66-53/h9-15,18,24,36-38,41,43,45,50H,8,16-17,19-23,25-35,39-40H2,1-7H3,(H,68,78)(H,69,79)(H,70,80)(H,64,66,67)/t45?,50-,62?/m0/s1. The van der Waals surface area contributed by atoms with Gasteiger partial charge in [-0.1, -0.05) is 54.9 Å². The number of halogens is 1. The molecule has 19 nitrogen and oxygen atoms in total. The molecule has 0 spiro atoms. The number of nitrogens with one attached hydrogen (secondary N) is 4. The fraction of sp³-hybridized carbons (Fsp3) is 0.548. The van der Waals surface area contributed by atoms with E-state index >= 15 is 0 Å². The van der Waals surface area contributed by atoms with Gasteiger partial charge in [-0.15, -0.1) is 0 Å². The topological polar surface area (TPSA) is 211 Å². The second-order valence-corrected chi connectivity index (χ2v) is 25.1. The second-order valence-electron chi connectivity index (χ2n) is 24.7. The zero-order chi connectivity index (χ0) is 58.2. The Morgan fingerprint density at radius 2 is 1.41 bits per heavy atom. The molecule has 82 heavy (non-hydrogen) atoms. The van der Waals surface area contributed by atoms with Crippen molar-refractivity contribution >= 4 is 58.2 Å². The van der Waals surface area contributed by atoms with Gasteiger partial charge in [0.15, 0.2) is 5.69 Å². The van der Waals surface area contributed by atoms with Crippen LogP contribution in [0.5, 0.6) is 0 Å². The highest BCUT2D eigenvalue weighted by atomic mass is 35.5. The molecule has 1 saturated carbocycles. The van der Waals surface area contributed by atoms with Crippen LogP contribution in [0.2, 0.25) is 5.02 Å². The number of benzene rings is 2. The normalized spacial score (nSPS) is 20.3. The van der Waals surface area contributed by atoms with Gasteiger partial charge in [0.25, 0.3) is 5.91 Å². The summed E-state index contributed by atoms with van der Waals surface area (Å²) < 4.78 is 11.3. The summed E-state index contributed by atoms with van der Waals surface area (Å²) >= 11 is 6.35. The fourth-order valence-corrected chi connectivity index (χ4v) is 12.0. The van der Waals surface area contributed by atoms with Crippen LogP contribution >= 0.6 is 11.6 Å². The minimum atomic E-state index is -1.21. The number of anilines is 1. The van der Waals surface area contributed by atoms with Gasteiger partial charge in [0, 0.05) is 113 Å². The summed E-state index contributed by atoms with van der Waals surface area (Å²) in [6.07, 6.45) is 9.13. The fourth-order valence-electron chi connectivity index (χ4n) is 11.9. The molecular weight excluding hydrogens is 1060 g/mol. The average Bonchev–Trinajstić information content (AvgIpc) is 4.09. The van der Waals surface area contributed by atoms with Crippen molar-refractivity contribution < 1.29 is 33.4 Å². The molecule has 3 saturated heterocycles. The Kier molecular flexibility index (Phi) is 19.2. The summed E-state index contributed by atoms with van der Waals surface area (Å²) in [5, 5.41) is 10.8.